The SMILES string of the molecule is CCNC(=O)[C@H]1OC(n2cnc3c(NCc4ccco4)ncnc32)[C@H](O)[C@@H]1O. The molecule has 1 unspecified atom stereocenters. The molecule has 11 nitrogen and oxygen atoms in total. The van der Waals surface area contributed by atoms with E-state index < -0.39 is 30.4 Å². The number of ether oxygens (including phenoxy) is 1. The van der Waals surface area contributed by atoms with Crippen LogP contribution in [0.15, 0.2) is 35.5 Å². The molecule has 0 aromatic carbocycles. The molecule has 3 aromatic rings. The van der Waals surface area contributed by atoms with Crippen molar-refractivity contribution < 1.29 is 24.2 Å². The van der Waals surface area contributed by atoms with Gasteiger partial charge in [0.05, 0.1) is 19.1 Å². The van der Waals surface area contributed by atoms with Gasteiger partial charge in [0.25, 0.3) is 5.91 Å². The number of aliphatic hydroxyl groups excluding tert-OH is 2. The van der Waals surface area contributed by atoms with Gasteiger partial charge >= 0.3 is 0 Å². The molecule has 11 heteroatoms. The molecule has 0 radical (unpaired) electrons. The van der Waals surface area contributed by atoms with Gasteiger partial charge in [0.2, 0.25) is 0 Å². The quantitative estimate of drug-likeness (QED) is 0.450. The van der Waals surface area contributed by atoms with Crippen molar-refractivity contribution in [2.45, 2.75) is 38.0 Å². The molecule has 0 aliphatic carbocycles. The minimum atomic E-state index is -1.37. The predicted molar refractivity (Wildman–Crippen MR) is 96.0 cm³/mol. The van der Waals surface area contributed by atoms with Gasteiger partial charge in [-0.15, -0.1) is 0 Å². The number of nitrogens with one attached hydrogen (secondary N) is 2. The summed E-state index contributed by atoms with van der Waals surface area (Å²) in [4.78, 5) is 24.8. The predicted octanol–water partition coefficient (Wildman–Crippen LogP) is -0.213. The zero-order valence-corrected chi connectivity index (χ0v) is 15.0. The molecule has 1 aliphatic rings. The number of likely N-dealkylation sites (N-methyl/N-ethyl adjacent to an activating group) is 1. The summed E-state index contributed by atoms with van der Waals surface area (Å²) >= 11 is 0. The summed E-state index contributed by atoms with van der Waals surface area (Å²) in [6.45, 7) is 2.55. The molecule has 1 amide bonds. The number of carbonyl (C=O) groups excluding carboxylic acids is 1. The van der Waals surface area contributed by atoms with Crippen molar-refractivity contribution in [1.29, 1.82) is 0 Å². The van der Waals surface area contributed by atoms with E-state index in [0.29, 0.717) is 30.1 Å². The molecular weight excluding hydrogens is 368 g/mol. The van der Waals surface area contributed by atoms with Crippen molar-refractivity contribution in [3.63, 3.8) is 0 Å². The molecule has 4 rings (SSSR count). The van der Waals surface area contributed by atoms with Gasteiger partial charge in [-0.3, -0.25) is 9.36 Å². The maximum absolute atomic E-state index is 12.1. The van der Waals surface area contributed by atoms with Gasteiger partial charge in [-0.1, -0.05) is 0 Å². The van der Waals surface area contributed by atoms with E-state index in [0.717, 1.165) is 5.76 Å². The van der Waals surface area contributed by atoms with Crippen molar-refractivity contribution in [1.82, 2.24) is 24.8 Å². The number of hydrogen-bond donors (Lipinski definition) is 4. The fraction of sp³-hybridized carbons (Fsp3) is 0.412. The third-order valence-electron chi connectivity index (χ3n) is 4.49. The Bertz CT molecular complexity index is 958. The van der Waals surface area contributed by atoms with E-state index in [1.54, 1.807) is 19.3 Å². The lowest BCUT2D eigenvalue weighted by Gasteiger charge is -2.16. The molecule has 0 bridgehead atoms. The zero-order valence-electron chi connectivity index (χ0n) is 15.0. The Morgan fingerprint density at radius 3 is 2.89 bits per heavy atom. The van der Waals surface area contributed by atoms with E-state index in [4.69, 9.17) is 9.15 Å². The summed E-state index contributed by atoms with van der Waals surface area (Å²) in [6, 6.07) is 3.62. The molecule has 1 fully saturated rings. The lowest BCUT2D eigenvalue weighted by Crippen LogP contribution is -2.42. The number of fused-ring (bicyclic) bond motifs is 1. The number of carbonyl (C=O) groups is 1. The van der Waals surface area contributed by atoms with Crippen molar-refractivity contribution in [2.75, 3.05) is 11.9 Å². The Morgan fingerprint density at radius 2 is 2.14 bits per heavy atom. The normalized spacial score (nSPS) is 24.5. The van der Waals surface area contributed by atoms with Crippen molar-refractivity contribution in [3.05, 3.63) is 36.8 Å². The second kappa shape index (κ2) is 7.54. The van der Waals surface area contributed by atoms with Crippen molar-refractivity contribution in [3.8, 4) is 0 Å². The van der Waals surface area contributed by atoms with Crippen LogP contribution in [0.2, 0.25) is 0 Å². The monoisotopic (exact) mass is 388 g/mol. The number of aromatic nitrogens is 4. The number of imidazole rings is 1. The second-order valence-electron chi connectivity index (χ2n) is 6.30. The summed E-state index contributed by atoms with van der Waals surface area (Å²) in [5.74, 6) is 0.721. The first-order valence-electron chi connectivity index (χ1n) is 8.83. The molecule has 0 saturated carbocycles. The van der Waals surface area contributed by atoms with Gasteiger partial charge in [0.1, 0.15) is 24.3 Å². The summed E-state index contributed by atoms with van der Waals surface area (Å²) in [7, 11) is 0. The number of rotatable bonds is 6. The highest BCUT2D eigenvalue weighted by molar-refractivity contribution is 5.83. The Morgan fingerprint density at radius 1 is 1.29 bits per heavy atom. The first-order chi connectivity index (χ1) is 13.6. The average molecular weight is 388 g/mol. The van der Waals surface area contributed by atoms with E-state index in [9.17, 15) is 15.0 Å². The van der Waals surface area contributed by atoms with E-state index in [-0.39, 0.29) is 0 Å². The molecule has 1 saturated heterocycles. The summed E-state index contributed by atoms with van der Waals surface area (Å²) in [5.41, 5.74) is 0.852. The highest BCUT2D eigenvalue weighted by Gasteiger charge is 2.47. The average Bonchev–Trinajstić information content (AvgIpc) is 3.41. The second-order valence-corrected chi connectivity index (χ2v) is 6.30. The smallest absolute Gasteiger partial charge is 0.252 e. The third-order valence-corrected chi connectivity index (χ3v) is 4.49. The van der Waals surface area contributed by atoms with E-state index in [1.807, 2.05) is 6.07 Å². The molecule has 0 spiro atoms. The van der Waals surface area contributed by atoms with Gasteiger partial charge in [-0.2, -0.15) is 0 Å². The van der Waals surface area contributed by atoms with Gasteiger partial charge in [0.15, 0.2) is 29.3 Å². The van der Waals surface area contributed by atoms with E-state index in [2.05, 4.69) is 25.6 Å². The van der Waals surface area contributed by atoms with Crippen LogP contribution < -0.4 is 10.6 Å². The number of hydrogen-bond acceptors (Lipinski definition) is 9. The van der Waals surface area contributed by atoms with Crippen LogP contribution in [0.4, 0.5) is 5.82 Å². The lowest BCUT2D eigenvalue weighted by molar-refractivity contribution is -0.137. The molecule has 4 heterocycles. The van der Waals surface area contributed by atoms with Gasteiger partial charge < -0.3 is 30.0 Å². The van der Waals surface area contributed by atoms with Crippen molar-refractivity contribution in [2.24, 2.45) is 0 Å². The third kappa shape index (κ3) is 3.19. The summed E-state index contributed by atoms with van der Waals surface area (Å²) in [5, 5.41) is 26.3. The maximum atomic E-state index is 12.1. The number of furan rings is 1. The molecule has 28 heavy (non-hydrogen) atoms. The number of nitrogens with zero attached hydrogens (tertiary/aromatic N) is 4. The first kappa shape index (κ1) is 18.3. The molecule has 148 valence electrons. The largest absolute Gasteiger partial charge is 0.467 e. The highest BCUT2D eigenvalue weighted by Crippen LogP contribution is 2.32. The Balaban J connectivity index is 1.59. The highest BCUT2D eigenvalue weighted by atomic mass is 16.6. The minimum Gasteiger partial charge on any atom is -0.467 e. The molecular formula is C17H20N6O5. The van der Waals surface area contributed by atoms with Crippen LogP contribution in [0.1, 0.15) is 18.9 Å². The fourth-order valence-corrected chi connectivity index (χ4v) is 3.13. The van der Waals surface area contributed by atoms with Crippen LogP contribution in [0, 0.1) is 0 Å². The maximum Gasteiger partial charge on any atom is 0.252 e. The standard InChI is InChI=1S/C17H20N6O5/c1-2-18-16(26)13-11(24)12(25)17(28-13)23-8-22-10-14(20-7-21-15(10)23)19-6-9-4-3-5-27-9/h3-5,7-8,11-13,17,24-25H,2,6H2,1H3,(H,18,26)(H,19,20,21)/t11-,12+,13-,17?/m0/s1. The van der Waals surface area contributed by atoms with Crippen molar-refractivity contribution >= 4 is 22.9 Å². The van der Waals surface area contributed by atoms with Gasteiger partial charge in [-0.05, 0) is 19.1 Å². The molecule has 3 aromatic heterocycles. The van der Waals surface area contributed by atoms with Gasteiger partial charge in [0, 0.05) is 6.54 Å². The minimum absolute atomic E-state index is 0.387. The lowest BCUT2D eigenvalue weighted by atomic mass is 10.1. The van der Waals surface area contributed by atoms with Crippen LogP contribution >= 0.6 is 0 Å². The van der Waals surface area contributed by atoms with Crippen LogP contribution in [0.25, 0.3) is 11.2 Å². The molecule has 4 N–H and O–H groups in total. The van der Waals surface area contributed by atoms with Crippen LogP contribution in [-0.4, -0.2) is 60.5 Å². The van der Waals surface area contributed by atoms with Gasteiger partial charge in [-0.25, -0.2) is 15.0 Å². The number of amides is 1. The van der Waals surface area contributed by atoms with Crippen LogP contribution in [-0.2, 0) is 16.1 Å². The number of aliphatic hydroxyl groups is 2. The Hall–Kier alpha value is -3.02. The molecule has 1 aliphatic heterocycles. The summed E-state index contributed by atoms with van der Waals surface area (Å²) in [6.07, 6.45) is -0.526. The number of anilines is 1. The molecule has 4 atom stereocenters. The zero-order chi connectivity index (χ0) is 19.7. The van der Waals surface area contributed by atoms with E-state index >= 15 is 0 Å². The Kier molecular flexibility index (Phi) is 4.94. The van der Waals surface area contributed by atoms with E-state index in [1.165, 1.54) is 17.2 Å². The Labute approximate surface area is 159 Å². The first-order valence-corrected chi connectivity index (χ1v) is 8.83. The van der Waals surface area contributed by atoms with Crippen LogP contribution in [0.5, 0.6) is 0 Å². The van der Waals surface area contributed by atoms with Crippen LogP contribution in [0.3, 0.4) is 0 Å². The topological polar surface area (TPSA) is 148 Å². The summed E-state index contributed by atoms with van der Waals surface area (Å²) < 4.78 is 12.4. The fourth-order valence-electron chi connectivity index (χ4n) is 3.13.